The Kier molecular flexibility index (Phi) is 5.20. The molecule has 0 bridgehead atoms. The highest BCUT2D eigenvalue weighted by molar-refractivity contribution is 5.92. The van der Waals surface area contributed by atoms with Crippen molar-refractivity contribution in [3.8, 4) is 0 Å². The van der Waals surface area contributed by atoms with Crippen LogP contribution in [-0.2, 0) is 11.2 Å². The summed E-state index contributed by atoms with van der Waals surface area (Å²) in [6.07, 6.45) is 2.48. The number of carbonyl (C=O) groups excluding carboxylic acids is 1. The van der Waals surface area contributed by atoms with E-state index in [1.807, 2.05) is 18.2 Å². The van der Waals surface area contributed by atoms with Crippen molar-refractivity contribution in [1.29, 1.82) is 0 Å². The van der Waals surface area contributed by atoms with E-state index >= 15 is 0 Å². The van der Waals surface area contributed by atoms with Crippen molar-refractivity contribution >= 4 is 11.6 Å². The number of halogens is 1. The fraction of sp³-hybridized carbons (Fsp3) is 0.200. The molecule has 20 heavy (non-hydrogen) atoms. The average molecular weight is 273 g/mol. The molecule has 0 fully saturated rings. The molecule has 0 saturated carbocycles. The summed E-state index contributed by atoms with van der Waals surface area (Å²) in [4.78, 5) is 15.8. The van der Waals surface area contributed by atoms with Gasteiger partial charge in [-0.2, -0.15) is 0 Å². The number of nitrogens with one attached hydrogen (secondary N) is 2. The maximum Gasteiger partial charge on any atom is 0.238 e. The zero-order valence-corrected chi connectivity index (χ0v) is 11.0. The van der Waals surface area contributed by atoms with Gasteiger partial charge in [0.2, 0.25) is 5.91 Å². The lowest BCUT2D eigenvalue weighted by molar-refractivity contribution is -0.115. The SMILES string of the molecule is O=C(CNCCc1ccccn1)Nc1ccccc1F. The van der Waals surface area contributed by atoms with Crippen molar-refractivity contribution in [3.05, 3.63) is 60.2 Å². The summed E-state index contributed by atoms with van der Waals surface area (Å²) in [5.74, 6) is -0.703. The minimum atomic E-state index is -0.436. The minimum Gasteiger partial charge on any atom is -0.322 e. The van der Waals surface area contributed by atoms with Gasteiger partial charge >= 0.3 is 0 Å². The van der Waals surface area contributed by atoms with Gasteiger partial charge < -0.3 is 10.6 Å². The molecule has 1 aromatic heterocycles. The molecule has 0 atom stereocenters. The molecule has 1 heterocycles. The topological polar surface area (TPSA) is 54.0 Å². The Hall–Kier alpha value is -2.27. The molecule has 2 rings (SSSR count). The lowest BCUT2D eigenvalue weighted by Crippen LogP contribution is -2.29. The predicted octanol–water partition coefficient (Wildman–Crippen LogP) is 1.99. The highest BCUT2D eigenvalue weighted by Gasteiger charge is 2.05. The molecule has 0 aliphatic heterocycles. The third-order valence-corrected chi connectivity index (χ3v) is 2.72. The molecular weight excluding hydrogens is 257 g/mol. The fourth-order valence-electron chi connectivity index (χ4n) is 1.72. The van der Waals surface area contributed by atoms with Gasteiger partial charge in [-0.25, -0.2) is 4.39 Å². The van der Waals surface area contributed by atoms with Crippen LogP contribution in [0.1, 0.15) is 5.69 Å². The second-order valence-corrected chi connectivity index (χ2v) is 4.28. The molecule has 104 valence electrons. The lowest BCUT2D eigenvalue weighted by atomic mass is 10.2. The van der Waals surface area contributed by atoms with Crippen molar-refractivity contribution in [3.63, 3.8) is 0 Å². The largest absolute Gasteiger partial charge is 0.322 e. The summed E-state index contributed by atoms with van der Waals surface area (Å²) < 4.78 is 13.3. The first kappa shape index (κ1) is 14.1. The number of amides is 1. The molecule has 0 aliphatic carbocycles. The average Bonchev–Trinajstić information content (AvgIpc) is 2.47. The van der Waals surface area contributed by atoms with Gasteiger partial charge in [-0.3, -0.25) is 9.78 Å². The third kappa shape index (κ3) is 4.44. The first-order valence-electron chi connectivity index (χ1n) is 6.41. The summed E-state index contributed by atoms with van der Waals surface area (Å²) in [7, 11) is 0. The smallest absolute Gasteiger partial charge is 0.238 e. The number of hydrogen-bond acceptors (Lipinski definition) is 3. The summed E-state index contributed by atoms with van der Waals surface area (Å²) in [6.45, 7) is 0.781. The molecule has 1 aromatic carbocycles. The summed E-state index contributed by atoms with van der Waals surface area (Å²) in [6, 6.07) is 11.8. The highest BCUT2D eigenvalue weighted by atomic mass is 19.1. The number of rotatable bonds is 6. The van der Waals surface area contributed by atoms with E-state index < -0.39 is 5.82 Å². The van der Waals surface area contributed by atoms with E-state index in [0.29, 0.717) is 6.54 Å². The molecule has 0 unspecified atom stereocenters. The summed E-state index contributed by atoms with van der Waals surface area (Å²) in [5, 5.41) is 5.52. The highest BCUT2D eigenvalue weighted by Crippen LogP contribution is 2.11. The normalized spacial score (nSPS) is 10.2. The van der Waals surface area contributed by atoms with E-state index in [1.54, 1.807) is 18.3 Å². The monoisotopic (exact) mass is 273 g/mol. The third-order valence-electron chi connectivity index (χ3n) is 2.72. The molecule has 5 heteroatoms. The van der Waals surface area contributed by atoms with Crippen LogP contribution in [0.4, 0.5) is 10.1 Å². The van der Waals surface area contributed by atoms with Gasteiger partial charge in [0.05, 0.1) is 12.2 Å². The van der Waals surface area contributed by atoms with Crippen LogP contribution in [0.3, 0.4) is 0 Å². The minimum absolute atomic E-state index is 0.140. The number of benzene rings is 1. The summed E-state index contributed by atoms with van der Waals surface area (Å²) in [5.41, 5.74) is 1.17. The maximum atomic E-state index is 13.3. The van der Waals surface area contributed by atoms with Crippen molar-refractivity contribution < 1.29 is 9.18 Å². The predicted molar refractivity (Wildman–Crippen MR) is 75.8 cm³/mol. The molecule has 0 saturated heterocycles. The van der Waals surface area contributed by atoms with Crippen LogP contribution >= 0.6 is 0 Å². The van der Waals surface area contributed by atoms with E-state index in [0.717, 1.165) is 12.1 Å². The number of carbonyl (C=O) groups is 1. The van der Waals surface area contributed by atoms with Gasteiger partial charge in [0, 0.05) is 24.9 Å². The molecule has 2 N–H and O–H groups in total. The molecular formula is C15H16FN3O. The summed E-state index contributed by atoms with van der Waals surface area (Å²) >= 11 is 0. The standard InChI is InChI=1S/C15H16FN3O/c16-13-6-1-2-7-14(13)19-15(20)11-17-10-8-12-5-3-4-9-18-12/h1-7,9,17H,8,10-11H2,(H,19,20). The second-order valence-electron chi connectivity index (χ2n) is 4.28. The first-order chi connectivity index (χ1) is 9.75. The Bertz CT molecular complexity index is 560. The van der Waals surface area contributed by atoms with E-state index in [4.69, 9.17) is 0 Å². The van der Waals surface area contributed by atoms with E-state index in [-0.39, 0.29) is 18.1 Å². The molecule has 0 aliphatic rings. The molecule has 0 spiro atoms. The molecule has 1 amide bonds. The number of pyridine rings is 1. The molecule has 4 nitrogen and oxygen atoms in total. The number of nitrogens with zero attached hydrogens (tertiary/aromatic N) is 1. The van der Waals surface area contributed by atoms with E-state index in [9.17, 15) is 9.18 Å². The van der Waals surface area contributed by atoms with Gasteiger partial charge in [0.15, 0.2) is 0 Å². The Morgan fingerprint density at radius 3 is 2.70 bits per heavy atom. The van der Waals surface area contributed by atoms with E-state index in [1.165, 1.54) is 12.1 Å². The fourth-order valence-corrected chi connectivity index (χ4v) is 1.72. The van der Waals surface area contributed by atoms with Crippen LogP contribution in [0.25, 0.3) is 0 Å². The van der Waals surface area contributed by atoms with Crippen LogP contribution in [-0.4, -0.2) is 24.0 Å². The van der Waals surface area contributed by atoms with Crippen LogP contribution in [0.2, 0.25) is 0 Å². The van der Waals surface area contributed by atoms with Crippen LogP contribution in [0.5, 0.6) is 0 Å². The molecule has 0 radical (unpaired) electrons. The Morgan fingerprint density at radius 2 is 1.95 bits per heavy atom. The Morgan fingerprint density at radius 1 is 1.15 bits per heavy atom. The van der Waals surface area contributed by atoms with Gasteiger partial charge in [-0.05, 0) is 24.3 Å². The van der Waals surface area contributed by atoms with Crippen LogP contribution in [0, 0.1) is 5.82 Å². The molecule has 2 aromatic rings. The number of para-hydroxylation sites is 1. The zero-order chi connectivity index (χ0) is 14.2. The number of aromatic nitrogens is 1. The number of hydrogen-bond donors (Lipinski definition) is 2. The Labute approximate surface area is 117 Å². The maximum absolute atomic E-state index is 13.3. The van der Waals surface area contributed by atoms with Crippen molar-refractivity contribution in [2.24, 2.45) is 0 Å². The van der Waals surface area contributed by atoms with E-state index in [2.05, 4.69) is 15.6 Å². The van der Waals surface area contributed by atoms with Crippen LogP contribution < -0.4 is 10.6 Å². The van der Waals surface area contributed by atoms with Crippen molar-refractivity contribution in [2.45, 2.75) is 6.42 Å². The lowest BCUT2D eigenvalue weighted by Gasteiger charge is -2.07. The second kappa shape index (κ2) is 7.35. The first-order valence-corrected chi connectivity index (χ1v) is 6.41. The van der Waals surface area contributed by atoms with Crippen LogP contribution in [0.15, 0.2) is 48.7 Å². The van der Waals surface area contributed by atoms with Crippen molar-refractivity contribution in [2.75, 3.05) is 18.4 Å². The van der Waals surface area contributed by atoms with Gasteiger partial charge in [0.25, 0.3) is 0 Å². The van der Waals surface area contributed by atoms with Crippen molar-refractivity contribution in [1.82, 2.24) is 10.3 Å². The quantitative estimate of drug-likeness (QED) is 0.791. The zero-order valence-electron chi connectivity index (χ0n) is 11.0. The number of anilines is 1. The van der Waals surface area contributed by atoms with Gasteiger partial charge in [0.1, 0.15) is 5.82 Å². The Balaban J connectivity index is 1.69. The van der Waals surface area contributed by atoms with Gasteiger partial charge in [-0.15, -0.1) is 0 Å². The van der Waals surface area contributed by atoms with Gasteiger partial charge in [-0.1, -0.05) is 18.2 Å².